The van der Waals surface area contributed by atoms with E-state index < -0.39 is 11.8 Å². The molecule has 1 aliphatic heterocycles. The molecule has 0 saturated heterocycles. The van der Waals surface area contributed by atoms with Crippen molar-refractivity contribution >= 4 is 23.2 Å². The fourth-order valence-electron chi connectivity index (χ4n) is 2.82. The molecule has 1 heterocycles. The summed E-state index contributed by atoms with van der Waals surface area (Å²) in [5, 5.41) is 0. The summed E-state index contributed by atoms with van der Waals surface area (Å²) in [4.78, 5) is 37.6. The van der Waals surface area contributed by atoms with Crippen LogP contribution in [-0.2, 0) is 16.1 Å². The van der Waals surface area contributed by atoms with E-state index in [1.165, 1.54) is 4.90 Å². The quantitative estimate of drug-likeness (QED) is 0.475. The summed E-state index contributed by atoms with van der Waals surface area (Å²) in [7, 11) is 0. The number of benzene rings is 1. The van der Waals surface area contributed by atoms with Gasteiger partial charge in [-0.2, -0.15) is 0 Å². The van der Waals surface area contributed by atoms with Crippen molar-refractivity contribution in [2.45, 2.75) is 38.2 Å². The third kappa shape index (κ3) is 1.99. The number of fused-ring (bicyclic) bond motifs is 1. The Bertz CT molecular complexity index is 658. The number of anilines is 1. The number of nitrogen functional groups attached to an aromatic ring is 1. The van der Waals surface area contributed by atoms with Gasteiger partial charge in [-0.1, -0.05) is 6.07 Å². The van der Waals surface area contributed by atoms with Gasteiger partial charge in [0, 0.05) is 29.8 Å². The van der Waals surface area contributed by atoms with Gasteiger partial charge in [0.25, 0.3) is 5.91 Å². The van der Waals surface area contributed by atoms with Gasteiger partial charge in [-0.3, -0.25) is 14.4 Å². The molecule has 1 aromatic rings. The lowest BCUT2D eigenvalue weighted by Gasteiger charge is -2.25. The van der Waals surface area contributed by atoms with Crippen LogP contribution in [0.25, 0.3) is 0 Å². The van der Waals surface area contributed by atoms with E-state index >= 15 is 0 Å². The molecule has 2 N–H and O–H groups in total. The van der Waals surface area contributed by atoms with Crippen LogP contribution in [0, 0.1) is 0 Å². The second kappa shape index (κ2) is 4.74. The van der Waals surface area contributed by atoms with E-state index in [1.54, 1.807) is 18.2 Å². The van der Waals surface area contributed by atoms with E-state index in [9.17, 15) is 14.4 Å². The van der Waals surface area contributed by atoms with Gasteiger partial charge in [-0.15, -0.1) is 0 Å². The van der Waals surface area contributed by atoms with E-state index in [0.717, 1.165) is 0 Å². The minimum atomic E-state index is -1.66. The number of carbonyl (C=O) groups is 3. The van der Waals surface area contributed by atoms with Crippen LogP contribution in [0.5, 0.6) is 0 Å². The predicted octanol–water partition coefficient (Wildman–Crippen LogP) is 1.31. The van der Waals surface area contributed by atoms with Gasteiger partial charge < -0.3 is 10.6 Å². The number of hydrogen-bond donors (Lipinski definition) is 1. The van der Waals surface area contributed by atoms with E-state index in [4.69, 9.17) is 7.10 Å². The van der Waals surface area contributed by atoms with Crippen LogP contribution in [-0.4, -0.2) is 28.4 Å². The molecule has 3 rings (SSSR count). The van der Waals surface area contributed by atoms with Crippen molar-refractivity contribution in [2.75, 3.05) is 5.73 Å². The SMILES string of the molecule is [2H][C@]1(N2Cc3c(N)cccc3C2=O)CCCC(=O)CC1=O. The highest BCUT2D eigenvalue weighted by Crippen LogP contribution is 2.31. The summed E-state index contributed by atoms with van der Waals surface area (Å²) in [6, 6.07) is 3.38. The molecule has 0 aromatic heterocycles. The lowest BCUT2D eigenvalue weighted by molar-refractivity contribution is -0.128. The van der Waals surface area contributed by atoms with Gasteiger partial charge in [0.05, 0.1) is 13.8 Å². The molecule has 1 atom stereocenters. The fraction of sp³-hybridized carbons (Fsp3) is 0.400. The molecule has 5 nitrogen and oxygen atoms in total. The standard InChI is InChI=1S/C15H16N2O3/c16-12-5-2-4-10-11(12)8-17(15(10)20)13-6-1-3-9(18)7-14(13)19/h2,4-5,13H,1,3,6-8,16H2/t13-/m0/s1/i13D. The first-order valence-electron chi connectivity index (χ1n) is 7.18. The van der Waals surface area contributed by atoms with E-state index in [0.29, 0.717) is 29.7 Å². The van der Waals surface area contributed by atoms with Crippen molar-refractivity contribution in [3.05, 3.63) is 29.3 Å². The molecule has 20 heavy (non-hydrogen) atoms. The maximum absolute atomic E-state index is 12.5. The molecule has 2 aliphatic rings. The van der Waals surface area contributed by atoms with Crippen molar-refractivity contribution < 1.29 is 15.8 Å². The Morgan fingerprint density at radius 3 is 2.85 bits per heavy atom. The zero-order valence-electron chi connectivity index (χ0n) is 12.0. The molecular formula is C15H16N2O3. The van der Waals surface area contributed by atoms with Crippen LogP contribution >= 0.6 is 0 Å². The average molecular weight is 273 g/mol. The third-order valence-corrected chi connectivity index (χ3v) is 3.88. The van der Waals surface area contributed by atoms with Gasteiger partial charge in [-0.25, -0.2) is 0 Å². The van der Waals surface area contributed by atoms with Gasteiger partial charge in [-0.05, 0) is 25.0 Å². The molecule has 1 amide bonds. The highest BCUT2D eigenvalue weighted by Gasteiger charge is 2.38. The van der Waals surface area contributed by atoms with Gasteiger partial charge >= 0.3 is 0 Å². The summed E-state index contributed by atoms with van der Waals surface area (Å²) in [6.07, 6.45) is 0.670. The van der Waals surface area contributed by atoms with E-state index in [1.807, 2.05) is 0 Å². The summed E-state index contributed by atoms with van der Waals surface area (Å²) in [5.41, 5.74) is 7.48. The first-order valence-corrected chi connectivity index (χ1v) is 6.68. The number of ketones is 2. The van der Waals surface area contributed by atoms with Gasteiger partial charge in [0.2, 0.25) is 0 Å². The second-order valence-corrected chi connectivity index (χ2v) is 5.20. The molecule has 0 bridgehead atoms. The third-order valence-electron chi connectivity index (χ3n) is 3.88. The molecule has 1 saturated carbocycles. The number of Topliss-reactive ketones (excluding diaryl/α,β-unsaturated/α-hetero) is 2. The summed E-state index contributed by atoms with van der Waals surface area (Å²) < 4.78 is 8.49. The van der Waals surface area contributed by atoms with E-state index in [-0.39, 0.29) is 31.1 Å². The Kier molecular flexibility index (Phi) is 2.76. The Balaban J connectivity index is 1.98. The maximum Gasteiger partial charge on any atom is 0.255 e. The molecule has 1 fully saturated rings. The Hall–Kier alpha value is -2.17. The highest BCUT2D eigenvalue weighted by atomic mass is 16.2. The van der Waals surface area contributed by atoms with Crippen LogP contribution in [0.4, 0.5) is 5.69 Å². The Morgan fingerprint density at radius 1 is 1.30 bits per heavy atom. The molecule has 0 radical (unpaired) electrons. The number of rotatable bonds is 1. The lowest BCUT2D eigenvalue weighted by Crippen LogP contribution is -2.41. The molecule has 0 spiro atoms. The van der Waals surface area contributed by atoms with Crippen LogP contribution in [0.1, 0.15) is 43.0 Å². The van der Waals surface area contributed by atoms with Crippen LogP contribution in [0.2, 0.25) is 0 Å². The second-order valence-electron chi connectivity index (χ2n) is 5.20. The van der Waals surface area contributed by atoms with Crippen molar-refractivity contribution in [3.63, 3.8) is 0 Å². The zero-order chi connectivity index (χ0) is 15.2. The minimum absolute atomic E-state index is 0.155. The Labute approximate surface area is 118 Å². The first-order chi connectivity index (χ1) is 9.93. The Morgan fingerprint density at radius 2 is 2.10 bits per heavy atom. The van der Waals surface area contributed by atoms with Crippen molar-refractivity contribution in [3.8, 4) is 0 Å². The van der Waals surface area contributed by atoms with Crippen LogP contribution in [0.15, 0.2) is 18.2 Å². The van der Waals surface area contributed by atoms with Gasteiger partial charge in [0.15, 0.2) is 5.78 Å². The summed E-state index contributed by atoms with van der Waals surface area (Å²) >= 11 is 0. The van der Waals surface area contributed by atoms with Crippen molar-refractivity contribution in [2.24, 2.45) is 0 Å². The molecule has 1 aromatic carbocycles. The number of nitrogens with two attached hydrogens (primary N) is 1. The van der Waals surface area contributed by atoms with Crippen LogP contribution < -0.4 is 5.73 Å². The zero-order valence-corrected chi connectivity index (χ0v) is 11.0. The normalized spacial score (nSPS) is 27.3. The maximum atomic E-state index is 12.5. The number of hydrogen-bond acceptors (Lipinski definition) is 4. The monoisotopic (exact) mass is 273 g/mol. The summed E-state index contributed by atoms with van der Waals surface area (Å²) in [6.45, 7) is 0.157. The molecule has 1 aliphatic carbocycles. The molecular weight excluding hydrogens is 256 g/mol. The fourth-order valence-corrected chi connectivity index (χ4v) is 2.82. The molecule has 5 heteroatoms. The topological polar surface area (TPSA) is 80.5 Å². The number of amides is 1. The predicted molar refractivity (Wildman–Crippen MR) is 73.0 cm³/mol. The molecule has 104 valence electrons. The van der Waals surface area contributed by atoms with Crippen molar-refractivity contribution in [1.82, 2.24) is 4.90 Å². The average Bonchev–Trinajstić information content (AvgIpc) is 2.71. The number of nitrogens with zero attached hydrogens (tertiary/aromatic N) is 1. The lowest BCUT2D eigenvalue weighted by atomic mass is 10.1. The summed E-state index contributed by atoms with van der Waals surface area (Å²) in [5.74, 6) is -1.00. The number of carbonyl (C=O) groups excluding carboxylic acids is 3. The highest BCUT2D eigenvalue weighted by molar-refractivity contribution is 6.06. The van der Waals surface area contributed by atoms with Crippen LogP contribution in [0.3, 0.4) is 0 Å². The molecule has 0 unspecified atom stereocenters. The first kappa shape index (κ1) is 11.6. The van der Waals surface area contributed by atoms with Crippen molar-refractivity contribution in [1.29, 1.82) is 0 Å². The van der Waals surface area contributed by atoms with Gasteiger partial charge in [0.1, 0.15) is 5.78 Å². The smallest absolute Gasteiger partial charge is 0.255 e. The van der Waals surface area contributed by atoms with E-state index in [2.05, 4.69) is 0 Å². The minimum Gasteiger partial charge on any atom is -0.398 e. The largest absolute Gasteiger partial charge is 0.398 e.